The molecule has 0 aromatic carbocycles. The van der Waals surface area contributed by atoms with E-state index >= 15 is 0 Å². The van der Waals surface area contributed by atoms with Crippen LogP contribution in [0.2, 0.25) is 6.04 Å². The lowest BCUT2D eigenvalue weighted by molar-refractivity contribution is 0.122. The second-order valence-corrected chi connectivity index (χ2v) is 5.92. The fraction of sp³-hybridized carbons (Fsp3) is 1.00. The van der Waals surface area contributed by atoms with Crippen LogP contribution in [0.5, 0.6) is 0 Å². The van der Waals surface area contributed by atoms with Crippen molar-refractivity contribution in [2.75, 3.05) is 27.9 Å². The Labute approximate surface area is 80.7 Å². The minimum absolute atomic E-state index is 0.00711. The van der Waals surface area contributed by atoms with Crippen molar-refractivity contribution in [3.63, 3.8) is 0 Å². The summed E-state index contributed by atoms with van der Waals surface area (Å²) < 4.78 is 15.7. The molecule has 0 bridgehead atoms. The first kappa shape index (κ1) is 13.0. The zero-order chi connectivity index (χ0) is 10.3. The van der Waals surface area contributed by atoms with E-state index < -0.39 is 8.80 Å². The lowest BCUT2D eigenvalue weighted by Gasteiger charge is -2.25. The van der Waals surface area contributed by atoms with Crippen LogP contribution in [0, 0.1) is 0 Å². The van der Waals surface area contributed by atoms with Crippen molar-refractivity contribution >= 4 is 8.80 Å². The topological polar surface area (TPSA) is 79.7 Å². The molecule has 0 heterocycles. The smallest absolute Gasteiger partial charge is 0.377 e. The van der Waals surface area contributed by atoms with E-state index in [-0.39, 0.29) is 6.04 Å². The van der Waals surface area contributed by atoms with Gasteiger partial charge in [0.2, 0.25) is 0 Å². The van der Waals surface area contributed by atoms with Gasteiger partial charge in [0.1, 0.15) is 0 Å². The average molecular weight is 208 g/mol. The molecule has 0 rings (SSSR count). The summed E-state index contributed by atoms with van der Waals surface area (Å²) in [5, 5.41) is 0. The normalized spacial score (nSPS) is 14.5. The third-order valence-corrected chi connectivity index (χ3v) is 4.82. The van der Waals surface area contributed by atoms with Gasteiger partial charge in [0.05, 0.1) is 0 Å². The molecule has 1 atom stereocenters. The molecule has 0 saturated carbocycles. The first-order valence-electron chi connectivity index (χ1n) is 4.25. The highest BCUT2D eigenvalue weighted by atomic mass is 28.4. The van der Waals surface area contributed by atoms with Gasteiger partial charge in [0, 0.05) is 40.0 Å². The van der Waals surface area contributed by atoms with Gasteiger partial charge in [0.15, 0.2) is 0 Å². The Bertz CT molecular complexity index is 125. The standard InChI is InChI=1S/C7H20N2O3Si/c1-10-13(11-2,12-3)5-4-7(9)6-8/h7H,4-6,8-9H2,1-3H3. The first-order valence-corrected chi connectivity index (χ1v) is 6.18. The second-order valence-electron chi connectivity index (χ2n) is 2.83. The van der Waals surface area contributed by atoms with E-state index in [1.165, 1.54) is 0 Å². The van der Waals surface area contributed by atoms with Crippen LogP contribution >= 0.6 is 0 Å². The number of rotatable bonds is 7. The van der Waals surface area contributed by atoms with Gasteiger partial charge >= 0.3 is 8.80 Å². The average Bonchev–Trinajstić information content (AvgIpc) is 2.20. The summed E-state index contributed by atoms with van der Waals surface area (Å²) >= 11 is 0. The molecule has 0 aliphatic heterocycles. The summed E-state index contributed by atoms with van der Waals surface area (Å²) in [5.41, 5.74) is 11.1. The first-order chi connectivity index (χ1) is 6.14. The van der Waals surface area contributed by atoms with Crippen molar-refractivity contribution in [3.8, 4) is 0 Å². The highest BCUT2D eigenvalue weighted by Gasteiger charge is 2.37. The highest BCUT2D eigenvalue weighted by molar-refractivity contribution is 6.60. The lowest BCUT2D eigenvalue weighted by Crippen LogP contribution is -2.44. The summed E-state index contributed by atoms with van der Waals surface area (Å²) in [6.45, 7) is 0.474. The van der Waals surface area contributed by atoms with Crippen LogP contribution in [0.4, 0.5) is 0 Å². The zero-order valence-electron chi connectivity index (χ0n) is 8.58. The predicted molar refractivity (Wildman–Crippen MR) is 53.2 cm³/mol. The molecule has 0 aliphatic rings. The molecule has 0 radical (unpaired) electrons. The molecule has 4 N–H and O–H groups in total. The fourth-order valence-corrected chi connectivity index (χ4v) is 2.87. The third-order valence-electron chi connectivity index (χ3n) is 2.06. The summed E-state index contributed by atoms with van der Waals surface area (Å²) in [7, 11) is 2.34. The van der Waals surface area contributed by atoms with E-state index in [9.17, 15) is 0 Å². The molecule has 0 saturated heterocycles. The van der Waals surface area contributed by atoms with E-state index in [2.05, 4.69) is 0 Å². The summed E-state index contributed by atoms with van der Waals surface area (Å²) in [6.07, 6.45) is 0.762. The number of nitrogens with two attached hydrogens (primary N) is 2. The van der Waals surface area contributed by atoms with Gasteiger partial charge in [0.25, 0.3) is 0 Å². The fourth-order valence-electron chi connectivity index (χ4n) is 1.04. The quantitative estimate of drug-likeness (QED) is 0.553. The maximum atomic E-state index is 5.67. The van der Waals surface area contributed by atoms with Crippen LogP contribution < -0.4 is 11.5 Å². The van der Waals surface area contributed by atoms with E-state index in [4.69, 9.17) is 24.7 Å². The molecule has 0 aromatic heterocycles. The molecule has 6 heteroatoms. The van der Waals surface area contributed by atoms with E-state index in [1.807, 2.05) is 0 Å². The van der Waals surface area contributed by atoms with Gasteiger partial charge in [-0.05, 0) is 6.42 Å². The van der Waals surface area contributed by atoms with E-state index in [0.29, 0.717) is 12.6 Å². The van der Waals surface area contributed by atoms with Crippen LogP contribution in [0.1, 0.15) is 6.42 Å². The second kappa shape index (κ2) is 6.47. The Hall–Kier alpha value is 0.0169. The Kier molecular flexibility index (Phi) is 6.48. The maximum absolute atomic E-state index is 5.67. The molecule has 80 valence electrons. The minimum Gasteiger partial charge on any atom is -0.377 e. The van der Waals surface area contributed by atoms with Crippen molar-refractivity contribution in [2.45, 2.75) is 18.5 Å². The SMILES string of the molecule is CO[Si](CCC(N)CN)(OC)OC. The molecule has 13 heavy (non-hydrogen) atoms. The monoisotopic (exact) mass is 208 g/mol. The van der Waals surface area contributed by atoms with Crippen LogP contribution in [0.25, 0.3) is 0 Å². The molecular formula is C7H20N2O3Si. The molecule has 0 spiro atoms. The molecule has 0 fully saturated rings. The van der Waals surface area contributed by atoms with Gasteiger partial charge in [-0.2, -0.15) is 0 Å². The molecule has 5 nitrogen and oxygen atoms in total. The Morgan fingerprint density at radius 1 is 1.15 bits per heavy atom. The van der Waals surface area contributed by atoms with Crippen molar-refractivity contribution in [1.82, 2.24) is 0 Å². The Morgan fingerprint density at radius 2 is 1.62 bits per heavy atom. The summed E-state index contributed by atoms with van der Waals surface area (Å²) in [4.78, 5) is 0. The van der Waals surface area contributed by atoms with Gasteiger partial charge in [-0.25, -0.2) is 0 Å². The molecular weight excluding hydrogens is 188 g/mol. The van der Waals surface area contributed by atoms with Crippen LogP contribution in [-0.4, -0.2) is 42.7 Å². The van der Waals surface area contributed by atoms with Gasteiger partial charge in [-0.15, -0.1) is 0 Å². The van der Waals surface area contributed by atoms with Crippen molar-refractivity contribution in [3.05, 3.63) is 0 Å². The van der Waals surface area contributed by atoms with Crippen molar-refractivity contribution in [2.24, 2.45) is 11.5 Å². The van der Waals surface area contributed by atoms with Gasteiger partial charge in [-0.3, -0.25) is 0 Å². The van der Waals surface area contributed by atoms with Gasteiger partial charge < -0.3 is 24.7 Å². The molecule has 0 aliphatic carbocycles. The van der Waals surface area contributed by atoms with Crippen LogP contribution in [0.3, 0.4) is 0 Å². The van der Waals surface area contributed by atoms with E-state index in [0.717, 1.165) is 6.42 Å². The Morgan fingerprint density at radius 3 is 1.92 bits per heavy atom. The van der Waals surface area contributed by atoms with Crippen LogP contribution in [0.15, 0.2) is 0 Å². The number of hydrogen-bond donors (Lipinski definition) is 2. The van der Waals surface area contributed by atoms with Crippen molar-refractivity contribution in [1.29, 1.82) is 0 Å². The molecule has 1 unspecified atom stereocenters. The number of hydrogen-bond acceptors (Lipinski definition) is 5. The predicted octanol–water partition coefficient (Wildman–Crippen LogP) is -0.459. The minimum atomic E-state index is -2.43. The summed E-state index contributed by atoms with van der Waals surface area (Å²) in [6, 6.07) is 0.696. The summed E-state index contributed by atoms with van der Waals surface area (Å²) in [5.74, 6) is 0. The molecule has 0 aromatic rings. The third kappa shape index (κ3) is 4.16. The zero-order valence-corrected chi connectivity index (χ0v) is 9.58. The lowest BCUT2D eigenvalue weighted by atomic mass is 10.2. The largest absolute Gasteiger partial charge is 0.500 e. The van der Waals surface area contributed by atoms with Crippen molar-refractivity contribution < 1.29 is 13.3 Å². The van der Waals surface area contributed by atoms with Gasteiger partial charge in [-0.1, -0.05) is 0 Å². The molecule has 0 amide bonds. The van der Waals surface area contributed by atoms with E-state index in [1.54, 1.807) is 21.3 Å². The Balaban J connectivity index is 3.95. The van der Waals surface area contributed by atoms with Crippen LogP contribution in [-0.2, 0) is 13.3 Å². The maximum Gasteiger partial charge on any atom is 0.500 e. The highest BCUT2D eigenvalue weighted by Crippen LogP contribution is 2.15.